The summed E-state index contributed by atoms with van der Waals surface area (Å²) in [6.45, 7) is 0.671. The van der Waals surface area contributed by atoms with Gasteiger partial charge in [-0.3, -0.25) is 4.79 Å². The summed E-state index contributed by atoms with van der Waals surface area (Å²) in [7, 11) is 0. The van der Waals surface area contributed by atoms with E-state index in [1.165, 1.54) is 0 Å². The van der Waals surface area contributed by atoms with Crippen LogP contribution in [0.25, 0.3) is 0 Å². The van der Waals surface area contributed by atoms with Gasteiger partial charge in [0.2, 0.25) is 0 Å². The molecule has 1 amide bonds. The maximum Gasteiger partial charge on any atom is 0.251 e. The molecular formula is C15H22N2O3. The van der Waals surface area contributed by atoms with Gasteiger partial charge in [0.25, 0.3) is 5.91 Å². The van der Waals surface area contributed by atoms with E-state index in [0.29, 0.717) is 12.2 Å². The summed E-state index contributed by atoms with van der Waals surface area (Å²) < 4.78 is 5.82. The van der Waals surface area contributed by atoms with Gasteiger partial charge in [-0.2, -0.15) is 0 Å². The lowest BCUT2D eigenvalue weighted by molar-refractivity contribution is 0.0357. The van der Waals surface area contributed by atoms with E-state index in [2.05, 4.69) is 5.32 Å². The standard InChI is InChI=1S/C15H22N2O3/c16-13-5-2-6-14(13)20-10-11-3-1-4-12(9-11)15(19)17-7-8-18/h1,3-4,9,13-14,18H,2,5-8,10,16H2,(H,17,19)/t13-,14-/m0/s1. The highest BCUT2D eigenvalue weighted by Gasteiger charge is 2.24. The Bertz CT molecular complexity index is 450. The lowest BCUT2D eigenvalue weighted by atomic mass is 10.1. The van der Waals surface area contributed by atoms with Crippen LogP contribution >= 0.6 is 0 Å². The zero-order chi connectivity index (χ0) is 14.4. The summed E-state index contributed by atoms with van der Waals surface area (Å²) in [4.78, 5) is 11.8. The van der Waals surface area contributed by atoms with Crippen LogP contribution in [0.2, 0.25) is 0 Å². The fourth-order valence-corrected chi connectivity index (χ4v) is 2.44. The Morgan fingerprint density at radius 3 is 3.00 bits per heavy atom. The first-order valence-corrected chi connectivity index (χ1v) is 7.06. The van der Waals surface area contributed by atoms with Crippen LogP contribution in [0, 0.1) is 0 Å². The van der Waals surface area contributed by atoms with Crippen molar-refractivity contribution >= 4 is 5.91 Å². The van der Waals surface area contributed by atoms with Crippen molar-refractivity contribution < 1.29 is 14.6 Å². The number of ether oxygens (including phenoxy) is 1. The van der Waals surface area contributed by atoms with Gasteiger partial charge in [-0.15, -0.1) is 0 Å². The molecule has 0 bridgehead atoms. The van der Waals surface area contributed by atoms with E-state index in [1.807, 2.05) is 18.2 Å². The average Bonchev–Trinajstić information content (AvgIpc) is 2.88. The van der Waals surface area contributed by atoms with Crippen molar-refractivity contribution in [1.82, 2.24) is 5.32 Å². The second-order valence-electron chi connectivity index (χ2n) is 5.12. The van der Waals surface area contributed by atoms with Crippen LogP contribution in [0.3, 0.4) is 0 Å². The first-order chi connectivity index (χ1) is 9.70. The van der Waals surface area contributed by atoms with Crippen LogP contribution in [0.1, 0.15) is 35.2 Å². The molecule has 1 aliphatic rings. The van der Waals surface area contributed by atoms with Gasteiger partial charge in [-0.25, -0.2) is 0 Å². The fraction of sp³-hybridized carbons (Fsp3) is 0.533. The molecular weight excluding hydrogens is 256 g/mol. The van der Waals surface area contributed by atoms with Crippen molar-refractivity contribution in [3.63, 3.8) is 0 Å². The number of aliphatic hydroxyl groups excluding tert-OH is 1. The minimum atomic E-state index is -0.182. The summed E-state index contributed by atoms with van der Waals surface area (Å²) in [5.74, 6) is -0.182. The van der Waals surface area contributed by atoms with Crippen molar-refractivity contribution in [1.29, 1.82) is 0 Å². The maximum absolute atomic E-state index is 11.8. The van der Waals surface area contributed by atoms with Crippen LogP contribution in [0.5, 0.6) is 0 Å². The van der Waals surface area contributed by atoms with Crippen LogP contribution in [0.4, 0.5) is 0 Å². The van der Waals surface area contributed by atoms with Crippen molar-refractivity contribution in [2.24, 2.45) is 5.73 Å². The maximum atomic E-state index is 11.8. The van der Waals surface area contributed by atoms with Gasteiger partial charge in [0.1, 0.15) is 0 Å². The highest BCUT2D eigenvalue weighted by Crippen LogP contribution is 2.21. The average molecular weight is 278 g/mol. The summed E-state index contributed by atoms with van der Waals surface area (Å²) >= 11 is 0. The number of hydrogen-bond donors (Lipinski definition) is 3. The molecule has 1 saturated carbocycles. The Labute approximate surface area is 119 Å². The summed E-state index contributed by atoms with van der Waals surface area (Å²) in [6.07, 6.45) is 3.28. The van der Waals surface area contributed by atoms with Gasteiger partial charge in [-0.05, 0) is 37.0 Å². The molecule has 4 N–H and O–H groups in total. The van der Waals surface area contributed by atoms with Gasteiger partial charge < -0.3 is 20.9 Å². The number of hydrogen-bond acceptors (Lipinski definition) is 4. The normalized spacial score (nSPS) is 21.9. The van der Waals surface area contributed by atoms with E-state index in [9.17, 15) is 4.79 Å². The van der Waals surface area contributed by atoms with Crippen molar-refractivity contribution in [2.75, 3.05) is 13.2 Å². The third kappa shape index (κ3) is 4.03. The fourth-order valence-electron chi connectivity index (χ4n) is 2.44. The molecule has 0 spiro atoms. The minimum absolute atomic E-state index is 0.0614. The lowest BCUT2D eigenvalue weighted by Crippen LogP contribution is -2.31. The molecule has 0 heterocycles. The number of nitrogens with two attached hydrogens (primary N) is 1. The van der Waals surface area contributed by atoms with Crippen LogP contribution in [-0.4, -0.2) is 36.3 Å². The number of rotatable bonds is 6. The van der Waals surface area contributed by atoms with Crippen molar-refractivity contribution in [3.05, 3.63) is 35.4 Å². The molecule has 1 aromatic rings. The van der Waals surface area contributed by atoms with Crippen LogP contribution in [0.15, 0.2) is 24.3 Å². The molecule has 2 rings (SSSR count). The summed E-state index contributed by atoms with van der Waals surface area (Å²) in [5, 5.41) is 11.3. The SMILES string of the molecule is N[C@H]1CCC[C@@H]1OCc1cccc(C(=O)NCCO)c1. The molecule has 0 saturated heterocycles. The molecule has 110 valence electrons. The summed E-state index contributed by atoms with van der Waals surface area (Å²) in [6, 6.07) is 7.46. The first-order valence-electron chi connectivity index (χ1n) is 7.06. The van der Waals surface area contributed by atoms with E-state index >= 15 is 0 Å². The van der Waals surface area contributed by atoms with Gasteiger partial charge >= 0.3 is 0 Å². The van der Waals surface area contributed by atoms with E-state index < -0.39 is 0 Å². The van der Waals surface area contributed by atoms with Crippen LogP contribution in [-0.2, 0) is 11.3 Å². The Kier molecular flexibility index (Phi) is 5.52. The molecule has 5 heteroatoms. The van der Waals surface area contributed by atoms with E-state index in [1.54, 1.807) is 6.07 Å². The van der Waals surface area contributed by atoms with Crippen molar-refractivity contribution in [2.45, 2.75) is 38.0 Å². The number of carbonyl (C=O) groups excluding carboxylic acids is 1. The molecule has 1 aliphatic carbocycles. The molecule has 0 aliphatic heterocycles. The Morgan fingerprint density at radius 1 is 1.45 bits per heavy atom. The smallest absolute Gasteiger partial charge is 0.251 e. The summed E-state index contributed by atoms with van der Waals surface area (Å²) in [5.41, 5.74) is 7.50. The van der Waals surface area contributed by atoms with Gasteiger partial charge in [0.05, 0.1) is 19.3 Å². The molecule has 1 fully saturated rings. The van der Waals surface area contributed by atoms with Gasteiger partial charge in [-0.1, -0.05) is 12.1 Å². The lowest BCUT2D eigenvalue weighted by Gasteiger charge is -2.16. The Morgan fingerprint density at radius 2 is 2.30 bits per heavy atom. The molecule has 5 nitrogen and oxygen atoms in total. The molecule has 0 aromatic heterocycles. The Hall–Kier alpha value is -1.43. The zero-order valence-corrected chi connectivity index (χ0v) is 11.5. The highest BCUT2D eigenvalue weighted by atomic mass is 16.5. The van der Waals surface area contributed by atoms with Crippen molar-refractivity contribution in [3.8, 4) is 0 Å². The molecule has 2 atom stereocenters. The third-order valence-corrected chi connectivity index (χ3v) is 3.55. The number of aliphatic hydroxyl groups is 1. The number of benzene rings is 1. The molecule has 1 aromatic carbocycles. The first kappa shape index (κ1) is 15.0. The minimum Gasteiger partial charge on any atom is -0.395 e. The second-order valence-corrected chi connectivity index (χ2v) is 5.12. The third-order valence-electron chi connectivity index (χ3n) is 3.55. The largest absolute Gasteiger partial charge is 0.395 e. The van der Waals surface area contributed by atoms with E-state index in [4.69, 9.17) is 15.6 Å². The Balaban J connectivity index is 1.90. The number of nitrogens with one attached hydrogen (secondary N) is 1. The van der Waals surface area contributed by atoms with E-state index in [-0.39, 0.29) is 31.2 Å². The quantitative estimate of drug-likeness (QED) is 0.719. The van der Waals surface area contributed by atoms with Gasteiger partial charge in [0.15, 0.2) is 0 Å². The molecule has 0 radical (unpaired) electrons. The van der Waals surface area contributed by atoms with E-state index in [0.717, 1.165) is 24.8 Å². The van der Waals surface area contributed by atoms with Gasteiger partial charge in [0, 0.05) is 18.2 Å². The second kappa shape index (κ2) is 7.38. The topological polar surface area (TPSA) is 84.6 Å². The zero-order valence-electron chi connectivity index (χ0n) is 11.5. The predicted molar refractivity (Wildman–Crippen MR) is 76.3 cm³/mol. The number of carbonyl (C=O) groups is 1. The monoisotopic (exact) mass is 278 g/mol. The number of amides is 1. The molecule has 0 unspecified atom stereocenters. The highest BCUT2D eigenvalue weighted by molar-refractivity contribution is 5.94. The van der Waals surface area contributed by atoms with Crippen LogP contribution < -0.4 is 11.1 Å². The molecule has 20 heavy (non-hydrogen) atoms. The predicted octanol–water partition coefficient (Wildman–Crippen LogP) is 0.805.